The second kappa shape index (κ2) is 5.09. The molecule has 1 heterocycles. The van der Waals surface area contributed by atoms with E-state index in [0.717, 1.165) is 0 Å². The summed E-state index contributed by atoms with van der Waals surface area (Å²) in [7, 11) is 1.72. The molecule has 86 valence electrons. The van der Waals surface area contributed by atoms with Gasteiger partial charge >= 0.3 is 5.97 Å². The number of rotatable bonds is 4. The Morgan fingerprint density at radius 3 is 2.73 bits per heavy atom. The molecule has 1 amide bonds. The van der Waals surface area contributed by atoms with Gasteiger partial charge in [-0.3, -0.25) is 4.79 Å². The fraction of sp³-hybridized carbons (Fsp3) is 0.778. The van der Waals surface area contributed by atoms with Crippen LogP contribution in [0.1, 0.15) is 12.8 Å². The standard InChI is InChI=1S/C9H16N2O4/c1-10-3-2-8(13)11-5-6(12)4-7(11)9(14)15/h6-7,10,12H,2-5H2,1H3,(H,14,15)/t6-,7-/m1/s1. The average molecular weight is 216 g/mol. The third-order valence-electron chi connectivity index (χ3n) is 2.47. The zero-order valence-corrected chi connectivity index (χ0v) is 8.64. The number of carboxylic acids is 1. The van der Waals surface area contributed by atoms with Crippen LogP contribution in [-0.4, -0.2) is 59.3 Å². The second-order valence-electron chi connectivity index (χ2n) is 3.64. The lowest BCUT2D eigenvalue weighted by atomic mass is 10.2. The van der Waals surface area contributed by atoms with Crippen LogP contribution in [0.5, 0.6) is 0 Å². The van der Waals surface area contributed by atoms with Gasteiger partial charge in [0.15, 0.2) is 0 Å². The summed E-state index contributed by atoms with van der Waals surface area (Å²) in [6.07, 6.45) is -0.335. The molecule has 3 N–H and O–H groups in total. The maximum atomic E-state index is 11.6. The van der Waals surface area contributed by atoms with E-state index in [1.165, 1.54) is 4.90 Å². The Labute approximate surface area is 87.9 Å². The largest absolute Gasteiger partial charge is 0.480 e. The molecule has 0 aromatic rings. The molecule has 1 aliphatic rings. The molecule has 0 saturated carbocycles. The van der Waals surface area contributed by atoms with E-state index in [1.54, 1.807) is 7.05 Å². The zero-order valence-electron chi connectivity index (χ0n) is 8.64. The minimum atomic E-state index is -1.05. The highest BCUT2D eigenvalue weighted by atomic mass is 16.4. The third kappa shape index (κ3) is 2.90. The summed E-state index contributed by atoms with van der Waals surface area (Å²) >= 11 is 0. The first kappa shape index (κ1) is 11.9. The first-order valence-corrected chi connectivity index (χ1v) is 4.91. The van der Waals surface area contributed by atoms with E-state index in [0.29, 0.717) is 6.54 Å². The molecule has 1 aliphatic heterocycles. The average Bonchev–Trinajstić information content (AvgIpc) is 2.57. The third-order valence-corrected chi connectivity index (χ3v) is 2.47. The van der Waals surface area contributed by atoms with Crippen LogP contribution in [0, 0.1) is 0 Å². The fourth-order valence-electron chi connectivity index (χ4n) is 1.70. The van der Waals surface area contributed by atoms with Crippen LogP contribution in [-0.2, 0) is 9.59 Å². The molecule has 0 aliphatic carbocycles. The monoisotopic (exact) mass is 216 g/mol. The van der Waals surface area contributed by atoms with Gasteiger partial charge in [0.1, 0.15) is 6.04 Å². The summed E-state index contributed by atoms with van der Waals surface area (Å²) in [6, 6.07) is -0.871. The fourth-order valence-corrected chi connectivity index (χ4v) is 1.70. The summed E-state index contributed by atoms with van der Waals surface area (Å²) in [5.41, 5.74) is 0. The van der Waals surface area contributed by atoms with Gasteiger partial charge in [0.2, 0.25) is 5.91 Å². The molecule has 1 saturated heterocycles. The van der Waals surface area contributed by atoms with Crippen LogP contribution < -0.4 is 5.32 Å². The van der Waals surface area contributed by atoms with Crippen LogP contribution in [0.15, 0.2) is 0 Å². The highest BCUT2D eigenvalue weighted by Crippen LogP contribution is 2.18. The van der Waals surface area contributed by atoms with Crippen LogP contribution in [0.3, 0.4) is 0 Å². The van der Waals surface area contributed by atoms with Gasteiger partial charge in [-0.2, -0.15) is 0 Å². The normalized spacial score (nSPS) is 25.6. The Bertz CT molecular complexity index is 256. The van der Waals surface area contributed by atoms with E-state index in [9.17, 15) is 14.7 Å². The molecule has 0 bridgehead atoms. The number of carbonyl (C=O) groups excluding carboxylic acids is 1. The van der Waals surface area contributed by atoms with Gasteiger partial charge in [0, 0.05) is 25.9 Å². The van der Waals surface area contributed by atoms with Gasteiger partial charge in [-0.1, -0.05) is 0 Å². The van der Waals surface area contributed by atoms with Gasteiger partial charge < -0.3 is 20.4 Å². The number of carbonyl (C=O) groups is 2. The van der Waals surface area contributed by atoms with E-state index in [-0.39, 0.29) is 25.3 Å². The number of β-amino-alcohol motifs (C(OH)–C–C–N with tert-alkyl or cyclic N) is 1. The van der Waals surface area contributed by atoms with Crippen LogP contribution >= 0.6 is 0 Å². The lowest BCUT2D eigenvalue weighted by Crippen LogP contribution is -2.41. The number of hydrogen-bond acceptors (Lipinski definition) is 4. The summed E-state index contributed by atoms with van der Waals surface area (Å²) in [6.45, 7) is 0.636. The molecule has 0 radical (unpaired) electrons. The van der Waals surface area contributed by atoms with E-state index < -0.39 is 18.1 Å². The van der Waals surface area contributed by atoms with Crippen molar-refractivity contribution in [1.82, 2.24) is 10.2 Å². The molecule has 2 atom stereocenters. The smallest absolute Gasteiger partial charge is 0.326 e. The maximum absolute atomic E-state index is 11.6. The van der Waals surface area contributed by atoms with Crippen molar-refractivity contribution in [3.8, 4) is 0 Å². The lowest BCUT2D eigenvalue weighted by molar-refractivity contribution is -0.148. The van der Waals surface area contributed by atoms with E-state index in [4.69, 9.17) is 5.11 Å². The number of nitrogens with one attached hydrogen (secondary N) is 1. The van der Waals surface area contributed by atoms with E-state index in [2.05, 4.69) is 5.32 Å². The number of hydrogen-bond donors (Lipinski definition) is 3. The zero-order chi connectivity index (χ0) is 11.4. The first-order chi connectivity index (χ1) is 7.06. The van der Waals surface area contributed by atoms with Crippen molar-refractivity contribution in [1.29, 1.82) is 0 Å². The van der Waals surface area contributed by atoms with Gasteiger partial charge in [-0.15, -0.1) is 0 Å². The Morgan fingerprint density at radius 1 is 1.53 bits per heavy atom. The summed E-state index contributed by atoms with van der Waals surface area (Å²) in [5.74, 6) is -1.28. The van der Waals surface area contributed by atoms with Crippen molar-refractivity contribution in [3.63, 3.8) is 0 Å². The molecular weight excluding hydrogens is 200 g/mol. The maximum Gasteiger partial charge on any atom is 0.326 e. The number of aliphatic carboxylic acids is 1. The molecule has 1 rings (SSSR count). The van der Waals surface area contributed by atoms with Gasteiger partial charge in [-0.05, 0) is 7.05 Å². The van der Waals surface area contributed by atoms with Crippen molar-refractivity contribution in [2.45, 2.75) is 25.0 Å². The van der Waals surface area contributed by atoms with Crippen LogP contribution in [0.2, 0.25) is 0 Å². The van der Waals surface area contributed by atoms with Crippen LogP contribution in [0.4, 0.5) is 0 Å². The number of aliphatic hydroxyl groups is 1. The van der Waals surface area contributed by atoms with Gasteiger partial charge in [-0.25, -0.2) is 4.79 Å². The Kier molecular flexibility index (Phi) is 4.05. The van der Waals surface area contributed by atoms with Crippen LogP contribution in [0.25, 0.3) is 0 Å². The quantitative estimate of drug-likeness (QED) is 0.540. The summed E-state index contributed by atoms with van der Waals surface area (Å²) < 4.78 is 0. The lowest BCUT2D eigenvalue weighted by Gasteiger charge is -2.20. The number of carboxylic acid groups (broad SMARTS) is 1. The van der Waals surface area contributed by atoms with Crippen molar-refractivity contribution in [2.24, 2.45) is 0 Å². The molecule has 6 nitrogen and oxygen atoms in total. The molecule has 0 aromatic carbocycles. The Hall–Kier alpha value is -1.14. The molecule has 0 unspecified atom stereocenters. The Morgan fingerprint density at radius 2 is 2.20 bits per heavy atom. The van der Waals surface area contributed by atoms with E-state index >= 15 is 0 Å². The minimum absolute atomic E-state index is 0.125. The second-order valence-corrected chi connectivity index (χ2v) is 3.64. The molecular formula is C9H16N2O4. The number of amides is 1. The highest BCUT2D eigenvalue weighted by molar-refractivity contribution is 5.84. The molecule has 1 fully saturated rings. The number of likely N-dealkylation sites (tertiary alicyclic amines) is 1. The molecule has 0 aromatic heterocycles. The molecule has 6 heteroatoms. The van der Waals surface area contributed by atoms with Crippen molar-refractivity contribution < 1.29 is 19.8 Å². The minimum Gasteiger partial charge on any atom is -0.480 e. The molecule has 0 spiro atoms. The predicted octanol–water partition coefficient (Wildman–Crippen LogP) is -1.36. The van der Waals surface area contributed by atoms with Crippen molar-refractivity contribution >= 4 is 11.9 Å². The number of nitrogens with zero attached hydrogens (tertiary/aromatic N) is 1. The topological polar surface area (TPSA) is 89.9 Å². The van der Waals surface area contributed by atoms with E-state index in [1.807, 2.05) is 0 Å². The van der Waals surface area contributed by atoms with Gasteiger partial charge in [0.25, 0.3) is 0 Å². The van der Waals surface area contributed by atoms with Crippen molar-refractivity contribution in [3.05, 3.63) is 0 Å². The summed E-state index contributed by atoms with van der Waals surface area (Å²) in [4.78, 5) is 23.6. The SMILES string of the molecule is CNCCC(=O)N1C[C@H](O)C[C@@H]1C(=O)O. The first-order valence-electron chi connectivity index (χ1n) is 4.91. The number of aliphatic hydroxyl groups excluding tert-OH is 1. The van der Waals surface area contributed by atoms with Gasteiger partial charge in [0.05, 0.1) is 6.10 Å². The van der Waals surface area contributed by atoms with Crippen molar-refractivity contribution in [2.75, 3.05) is 20.1 Å². The Balaban J connectivity index is 2.58. The highest BCUT2D eigenvalue weighted by Gasteiger charge is 2.38. The molecule has 15 heavy (non-hydrogen) atoms. The predicted molar refractivity (Wildman–Crippen MR) is 52.3 cm³/mol. The summed E-state index contributed by atoms with van der Waals surface area (Å²) in [5, 5.41) is 21.0.